The molecule has 1 heterocycles. The average Bonchev–Trinajstić information content (AvgIpc) is 3.11. The molecule has 0 spiro atoms. The number of hydrogen-bond acceptors (Lipinski definition) is 5. The summed E-state index contributed by atoms with van der Waals surface area (Å²) in [5.41, 5.74) is 4.03. The van der Waals surface area contributed by atoms with E-state index in [9.17, 15) is 4.79 Å². The number of nitrogens with one attached hydrogen (secondary N) is 1. The zero-order valence-electron chi connectivity index (χ0n) is 15.4. The minimum Gasteiger partial charge on any atom is -0.483 e. The van der Waals surface area contributed by atoms with Gasteiger partial charge in [0.1, 0.15) is 5.75 Å². The first-order valence-electron chi connectivity index (χ1n) is 8.48. The SMILES string of the molecule is Cc1cc(C)c(C)c(OCC(=O)NCc2nc(-c3ccc(Cl)cc3)no2)c1. The molecule has 0 radical (unpaired) electrons. The fraction of sp³-hybridized carbons (Fsp3) is 0.250. The quantitative estimate of drug-likeness (QED) is 0.693. The van der Waals surface area contributed by atoms with Crippen LogP contribution >= 0.6 is 11.6 Å². The molecular formula is C20H20ClN3O3. The van der Waals surface area contributed by atoms with Gasteiger partial charge in [-0.25, -0.2) is 0 Å². The van der Waals surface area contributed by atoms with Gasteiger partial charge < -0.3 is 14.6 Å². The molecule has 1 amide bonds. The molecule has 3 rings (SSSR count). The van der Waals surface area contributed by atoms with Gasteiger partial charge in [-0.2, -0.15) is 4.98 Å². The third-order valence-electron chi connectivity index (χ3n) is 4.13. The van der Waals surface area contributed by atoms with Crippen LogP contribution in [0.1, 0.15) is 22.6 Å². The van der Waals surface area contributed by atoms with Crippen molar-refractivity contribution in [2.45, 2.75) is 27.3 Å². The highest BCUT2D eigenvalue weighted by atomic mass is 35.5. The largest absolute Gasteiger partial charge is 0.483 e. The number of nitrogens with zero attached hydrogens (tertiary/aromatic N) is 2. The highest BCUT2D eigenvalue weighted by molar-refractivity contribution is 6.30. The standard InChI is InChI=1S/C20H20ClN3O3/c1-12-8-13(2)14(3)17(9-12)26-11-18(25)22-10-19-23-20(24-27-19)15-4-6-16(21)7-5-15/h4-9H,10-11H2,1-3H3,(H,22,25). The van der Waals surface area contributed by atoms with Crippen LogP contribution in [0.25, 0.3) is 11.4 Å². The summed E-state index contributed by atoms with van der Waals surface area (Å²) in [7, 11) is 0. The van der Waals surface area contributed by atoms with E-state index < -0.39 is 0 Å². The number of amides is 1. The number of aryl methyl sites for hydroxylation is 2. The second-order valence-corrected chi connectivity index (χ2v) is 6.73. The first-order valence-corrected chi connectivity index (χ1v) is 8.86. The highest BCUT2D eigenvalue weighted by Crippen LogP contribution is 2.23. The van der Waals surface area contributed by atoms with E-state index in [1.807, 2.05) is 26.8 Å². The normalized spacial score (nSPS) is 10.7. The summed E-state index contributed by atoms with van der Waals surface area (Å²) in [5.74, 6) is 1.21. The van der Waals surface area contributed by atoms with Crippen molar-refractivity contribution in [3.05, 3.63) is 64.0 Å². The summed E-state index contributed by atoms with van der Waals surface area (Å²) in [6, 6.07) is 11.1. The Morgan fingerprint density at radius 2 is 1.93 bits per heavy atom. The Balaban J connectivity index is 1.53. The third kappa shape index (κ3) is 4.86. The molecule has 0 bridgehead atoms. The third-order valence-corrected chi connectivity index (χ3v) is 4.38. The number of halogens is 1. The number of rotatable bonds is 6. The summed E-state index contributed by atoms with van der Waals surface area (Å²) < 4.78 is 10.8. The Morgan fingerprint density at radius 1 is 1.19 bits per heavy atom. The molecule has 27 heavy (non-hydrogen) atoms. The van der Waals surface area contributed by atoms with Gasteiger partial charge in [0.15, 0.2) is 6.61 Å². The van der Waals surface area contributed by atoms with Gasteiger partial charge in [-0.15, -0.1) is 0 Å². The van der Waals surface area contributed by atoms with Crippen LogP contribution in [0.3, 0.4) is 0 Å². The molecule has 7 heteroatoms. The molecule has 1 aromatic heterocycles. The molecular weight excluding hydrogens is 366 g/mol. The van der Waals surface area contributed by atoms with Crippen LogP contribution in [0, 0.1) is 20.8 Å². The molecule has 2 aromatic carbocycles. The van der Waals surface area contributed by atoms with Gasteiger partial charge in [0, 0.05) is 10.6 Å². The fourth-order valence-corrected chi connectivity index (χ4v) is 2.69. The number of ether oxygens (including phenoxy) is 1. The maximum Gasteiger partial charge on any atom is 0.258 e. The lowest BCUT2D eigenvalue weighted by Crippen LogP contribution is -2.28. The molecule has 0 atom stereocenters. The molecule has 1 N–H and O–H groups in total. The first kappa shape index (κ1) is 18.9. The van der Waals surface area contributed by atoms with Crippen molar-refractivity contribution in [1.82, 2.24) is 15.5 Å². The Labute approximate surface area is 162 Å². The van der Waals surface area contributed by atoms with Crippen LogP contribution in [-0.4, -0.2) is 22.7 Å². The van der Waals surface area contributed by atoms with Crippen LogP contribution in [-0.2, 0) is 11.3 Å². The second kappa shape index (κ2) is 8.22. The van der Waals surface area contributed by atoms with Crippen LogP contribution in [0.5, 0.6) is 5.75 Å². The van der Waals surface area contributed by atoms with Gasteiger partial charge in [0.05, 0.1) is 6.54 Å². The van der Waals surface area contributed by atoms with Gasteiger partial charge in [0.2, 0.25) is 11.7 Å². The molecule has 140 valence electrons. The van der Waals surface area contributed by atoms with E-state index >= 15 is 0 Å². The summed E-state index contributed by atoms with van der Waals surface area (Å²) in [6.45, 7) is 6.03. The van der Waals surface area contributed by atoms with Gasteiger partial charge in [-0.05, 0) is 67.8 Å². The summed E-state index contributed by atoms with van der Waals surface area (Å²) in [6.07, 6.45) is 0. The Bertz CT molecular complexity index is 952. The number of carbonyl (C=O) groups is 1. The van der Waals surface area contributed by atoms with Crippen LogP contribution in [0.15, 0.2) is 40.9 Å². The predicted octanol–water partition coefficient (Wildman–Crippen LogP) is 4.01. The van der Waals surface area contributed by atoms with E-state index in [0.29, 0.717) is 22.5 Å². The van der Waals surface area contributed by atoms with Crippen molar-refractivity contribution in [1.29, 1.82) is 0 Å². The number of carbonyl (C=O) groups excluding carboxylic acids is 1. The van der Waals surface area contributed by atoms with Crippen LogP contribution in [0.2, 0.25) is 5.02 Å². The average molecular weight is 386 g/mol. The van der Waals surface area contributed by atoms with Crippen molar-refractivity contribution < 1.29 is 14.1 Å². The Kier molecular flexibility index (Phi) is 5.76. The number of benzene rings is 2. The van der Waals surface area contributed by atoms with Crippen molar-refractivity contribution in [2.75, 3.05) is 6.61 Å². The minimum absolute atomic E-state index is 0.0814. The van der Waals surface area contributed by atoms with E-state index in [1.165, 1.54) is 0 Å². The maximum atomic E-state index is 12.0. The minimum atomic E-state index is -0.264. The summed E-state index contributed by atoms with van der Waals surface area (Å²) in [5, 5.41) is 7.25. The molecule has 0 saturated heterocycles. The molecule has 0 saturated carbocycles. The molecule has 3 aromatic rings. The zero-order valence-corrected chi connectivity index (χ0v) is 16.1. The molecule has 6 nitrogen and oxygen atoms in total. The van der Waals surface area contributed by atoms with Crippen LogP contribution < -0.4 is 10.1 Å². The van der Waals surface area contributed by atoms with Gasteiger partial charge >= 0.3 is 0 Å². The van der Waals surface area contributed by atoms with Gasteiger partial charge in [-0.3, -0.25) is 4.79 Å². The second-order valence-electron chi connectivity index (χ2n) is 6.29. The zero-order chi connectivity index (χ0) is 19.4. The predicted molar refractivity (Wildman–Crippen MR) is 103 cm³/mol. The molecule has 0 fully saturated rings. The van der Waals surface area contributed by atoms with Crippen molar-refractivity contribution in [2.24, 2.45) is 0 Å². The molecule has 0 aliphatic carbocycles. The van der Waals surface area contributed by atoms with E-state index in [1.54, 1.807) is 24.3 Å². The number of aromatic nitrogens is 2. The van der Waals surface area contributed by atoms with Crippen molar-refractivity contribution in [3.8, 4) is 17.1 Å². The smallest absolute Gasteiger partial charge is 0.258 e. The molecule has 0 unspecified atom stereocenters. The Morgan fingerprint density at radius 3 is 2.67 bits per heavy atom. The lowest BCUT2D eigenvalue weighted by molar-refractivity contribution is -0.123. The lowest BCUT2D eigenvalue weighted by atomic mass is 10.1. The first-order chi connectivity index (χ1) is 12.9. The van der Waals surface area contributed by atoms with Gasteiger partial charge in [0.25, 0.3) is 5.91 Å². The van der Waals surface area contributed by atoms with Crippen LogP contribution in [0.4, 0.5) is 0 Å². The van der Waals surface area contributed by atoms with Crippen molar-refractivity contribution >= 4 is 17.5 Å². The summed E-state index contributed by atoms with van der Waals surface area (Å²) in [4.78, 5) is 16.3. The molecule has 0 aliphatic rings. The molecule has 0 aliphatic heterocycles. The Hall–Kier alpha value is -2.86. The fourth-order valence-electron chi connectivity index (χ4n) is 2.56. The summed E-state index contributed by atoms with van der Waals surface area (Å²) >= 11 is 5.87. The lowest BCUT2D eigenvalue weighted by Gasteiger charge is -2.12. The topological polar surface area (TPSA) is 77.2 Å². The number of hydrogen-bond donors (Lipinski definition) is 1. The van der Waals surface area contributed by atoms with E-state index in [0.717, 1.165) is 22.3 Å². The van der Waals surface area contributed by atoms with Crippen molar-refractivity contribution in [3.63, 3.8) is 0 Å². The van der Waals surface area contributed by atoms with E-state index in [4.69, 9.17) is 20.9 Å². The van der Waals surface area contributed by atoms with E-state index in [-0.39, 0.29) is 19.1 Å². The van der Waals surface area contributed by atoms with Gasteiger partial charge in [-0.1, -0.05) is 22.8 Å². The van der Waals surface area contributed by atoms with E-state index in [2.05, 4.69) is 21.5 Å². The highest BCUT2D eigenvalue weighted by Gasteiger charge is 2.11. The monoisotopic (exact) mass is 385 g/mol. The maximum absolute atomic E-state index is 12.0.